The Bertz CT molecular complexity index is 813. The van der Waals surface area contributed by atoms with Crippen LogP contribution in [0, 0.1) is 0 Å². The van der Waals surface area contributed by atoms with Gasteiger partial charge in [-0.05, 0) is 24.3 Å². The first-order chi connectivity index (χ1) is 10.1. The summed E-state index contributed by atoms with van der Waals surface area (Å²) >= 11 is 0. The van der Waals surface area contributed by atoms with Crippen LogP contribution in [0.2, 0.25) is 0 Å². The Morgan fingerprint density at radius 1 is 1.24 bits per heavy atom. The van der Waals surface area contributed by atoms with Gasteiger partial charge < -0.3 is 14.9 Å². The minimum Gasteiger partial charge on any atom is -0.508 e. The van der Waals surface area contributed by atoms with Gasteiger partial charge in [-0.1, -0.05) is 6.07 Å². The highest BCUT2D eigenvalue weighted by Gasteiger charge is 2.10. The molecule has 7 nitrogen and oxygen atoms in total. The van der Waals surface area contributed by atoms with E-state index in [2.05, 4.69) is 10.2 Å². The number of nitrogens with zero attached hydrogens (tertiary/aromatic N) is 3. The van der Waals surface area contributed by atoms with Gasteiger partial charge in [0.05, 0.1) is 5.56 Å². The molecule has 1 aromatic carbocycles. The van der Waals surface area contributed by atoms with Gasteiger partial charge in [-0.15, -0.1) is 10.2 Å². The predicted molar refractivity (Wildman–Crippen MR) is 72.4 cm³/mol. The van der Waals surface area contributed by atoms with Crippen molar-refractivity contribution in [2.45, 2.75) is 6.61 Å². The number of rotatable bonds is 4. The number of carbonyl (C=O) groups is 1. The third-order valence-corrected chi connectivity index (χ3v) is 2.91. The molecule has 0 aliphatic rings. The van der Waals surface area contributed by atoms with Gasteiger partial charge in [0.15, 0.2) is 11.5 Å². The average Bonchev–Trinajstić information content (AvgIpc) is 2.87. The van der Waals surface area contributed by atoms with Crippen LogP contribution in [-0.4, -0.2) is 30.8 Å². The smallest absolute Gasteiger partial charge is 0.337 e. The Morgan fingerprint density at radius 2 is 2.10 bits per heavy atom. The molecule has 0 atom stereocenters. The number of aromatic nitrogens is 3. The minimum absolute atomic E-state index is 0.103. The molecule has 3 aromatic rings. The Hall–Kier alpha value is -3.09. The number of phenolic OH excluding ortho intramolecular Hbond substituents is 1. The van der Waals surface area contributed by atoms with Crippen LogP contribution in [0.4, 0.5) is 0 Å². The molecule has 106 valence electrons. The summed E-state index contributed by atoms with van der Waals surface area (Å²) in [4.78, 5) is 11.0. The standard InChI is InChI=1S/C14H11N3O4/c18-10-2-1-3-11(6-10)21-8-13-16-15-12-5-4-9(14(19)20)7-17(12)13/h1-7,18H,8H2,(H,19,20). The van der Waals surface area contributed by atoms with Crippen molar-refractivity contribution in [1.82, 2.24) is 14.6 Å². The van der Waals surface area contributed by atoms with Crippen molar-refractivity contribution in [3.05, 3.63) is 54.0 Å². The Morgan fingerprint density at radius 3 is 2.86 bits per heavy atom. The summed E-state index contributed by atoms with van der Waals surface area (Å²) in [5.74, 6) is 0.0368. The fourth-order valence-corrected chi connectivity index (χ4v) is 1.88. The summed E-state index contributed by atoms with van der Waals surface area (Å²) in [6.45, 7) is 0.105. The second kappa shape index (κ2) is 5.12. The summed E-state index contributed by atoms with van der Waals surface area (Å²) in [5, 5.41) is 26.3. The third kappa shape index (κ3) is 2.62. The normalized spacial score (nSPS) is 10.7. The van der Waals surface area contributed by atoms with E-state index in [1.54, 1.807) is 28.7 Å². The quantitative estimate of drug-likeness (QED) is 0.757. The monoisotopic (exact) mass is 285 g/mol. The van der Waals surface area contributed by atoms with Crippen LogP contribution >= 0.6 is 0 Å². The number of carboxylic acid groups (broad SMARTS) is 1. The van der Waals surface area contributed by atoms with E-state index in [9.17, 15) is 9.90 Å². The predicted octanol–water partition coefficient (Wildman–Crippen LogP) is 1.71. The van der Waals surface area contributed by atoms with E-state index in [4.69, 9.17) is 9.84 Å². The second-order valence-electron chi connectivity index (χ2n) is 4.35. The van der Waals surface area contributed by atoms with Crippen molar-refractivity contribution in [1.29, 1.82) is 0 Å². The molecule has 3 rings (SSSR count). The zero-order chi connectivity index (χ0) is 14.8. The van der Waals surface area contributed by atoms with E-state index >= 15 is 0 Å². The molecule has 0 fully saturated rings. The summed E-state index contributed by atoms with van der Waals surface area (Å²) in [6, 6.07) is 9.42. The molecule has 0 aliphatic heterocycles. The van der Waals surface area contributed by atoms with Crippen molar-refractivity contribution in [3.8, 4) is 11.5 Å². The number of ether oxygens (including phenoxy) is 1. The SMILES string of the molecule is O=C(O)c1ccc2nnc(COc3cccc(O)c3)n2c1. The molecule has 0 bridgehead atoms. The molecule has 2 heterocycles. The van der Waals surface area contributed by atoms with Crippen molar-refractivity contribution in [3.63, 3.8) is 0 Å². The van der Waals surface area contributed by atoms with E-state index < -0.39 is 5.97 Å². The Labute approximate surface area is 119 Å². The molecule has 0 amide bonds. The number of pyridine rings is 1. The molecular weight excluding hydrogens is 274 g/mol. The number of benzene rings is 1. The molecule has 0 spiro atoms. The van der Waals surface area contributed by atoms with E-state index in [1.807, 2.05) is 0 Å². The van der Waals surface area contributed by atoms with Crippen molar-refractivity contribution < 1.29 is 19.7 Å². The van der Waals surface area contributed by atoms with Gasteiger partial charge in [0.25, 0.3) is 0 Å². The zero-order valence-electron chi connectivity index (χ0n) is 10.8. The number of phenols is 1. The fraction of sp³-hybridized carbons (Fsp3) is 0.0714. The summed E-state index contributed by atoms with van der Waals surface area (Å²) in [6.07, 6.45) is 1.44. The molecule has 0 radical (unpaired) electrons. The largest absolute Gasteiger partial charge is 0.508 e. The van der Waals surface area contributed by atoms with E-state index in [1.165, 1.54) is 18.3 Å². The lowest BCUT2D eigenvalue weighted by Crippen LogP contribution is -2.04. The number of hydrogen-bond donors (Lipinski definition) is 2. The summed E-state index contributed by atoms with van der Waals surface area (Å²) in [7, 11) is 0. The van der Waals surface area contributed by atoms with Crippen LogP contribution < -0.4 is 4.74 Å². The van der Waals surface area contributed by atoms with Crippen LogP contribution in [0.5, 0.6) is 11.5 Å². The molecule has 21 heavy (non-hydrogen) atoms. The van der Waals surface area contributed by atoms with Crippen molar-refractivity contribution >= 4 is 11.6 Å². The number of aromatic carboxylic acids is 1. The van der Waals surface area contributed by atoms with Crippen molar-refractivity contribution in [2.24, 2.45) is 0 Å². The van der Waals surface area contributed by atoms with E-state index in [0.29, 0.717) is 17.2 Å². The molecule has 0 saturated carbocycles. The number of hydrogen-bond acceptors (Lipinski definition) is 5. The molecule has 0 unspecified atom stereocenters. The highest BCUT2D eigenvalue weighted by Crippen LogP contribution is 2.19. The van der Waals surface area contributed by atoms with Gasteiger partial charge in [0.2, 0.25) is 0 Å². The summed E-state index contributed by atoms with van der Waals surface area (Å²) < 4.78 is 7.07. The zero-order valence-corrected chi connectivity index (χ0v) is 10.8. The van der Waals surface area contributed by atoms with Gasteiger partial charge >= 0.3 is 5.97 Å². The van der Waals surface area contributed by atoms with Gasteiger partial charge in [-0.2, -0.15) is 0 Å². The molecule has 7 heteroatoms. The van der Waals surface area contributed by atoms with Crippen LogP contribution in [0.1, 0.15) is 16.2 Å². The topological polar surface area (TPSA) is 97.0 Å². The first-order valence-corrected chi connectivity index (χ1v) is 6.12. The molecule has 2 N–H and O–H groups in total. The third-order valence-electron chi connectivity index (χ3n) is 2.91. The maximum absolute atomic E-state index is 11.0. The first kappa shape index (κ1) is 12.9. The fourth-order valence-electron chi connectivity index (χ4n) is 1.88. The average molecular weight is 285 g/mol. The molecule has 0 aliphatic carbocycles. The van der Waals surface area contributed by atoms with Crippen LogP contribution in [-0.2, 0) is 6.61 Å². The highest BCUT2D eigenvalue weighted by molar-refractivity contribution is 5.87. The minimum atomic E-state index is -1.02. The summed E-state index contributed by atoms with van der Waals surface area (Å²) in [5.41, 5.74) is 0.676. The number of aromatic hydroxyl groups is 1. The lowest BCUT2D eigenvalue weighted by Gasteiger charge is -2.05. The van der Waals surface area contributed by atoms with Gasteiger partial charge in [0.1, 0.15) is 18.1 Å². The van der Waals surface area contributed by atoms with E-state index in [-0.39, 0.29) is 17.9 Å². The second-order valence-corrected chi connectivity index (χ2v) is 4.35. The maximum Gasteiger partial charge on any atom is 0.337 e. The number of fused-ring (bicyclic) bond motifs is 1. The van der Waals surface area contributed by atoms with Crippen molar-refractivity contribution in [2.75, 3.05) is 0 Å². The molecule has 2 aromatic heterocycles. The maximum atomic E-state index is 11.0. The highest BCUT2D eigenvalue weighted by atomic mass is 16.5. The Kier molecular flexibility index (Phi) is 3.15. The number of carboxylic acids is 1. The molecule has 0 saturated heterocycles. The van der Waals surface area contributed by atoms with E-state index in [0.717, 1.165) is 0 Å². The van der Waals surface area contributed by atoms with Gasteiger partial charge in [-0.3, -0.25) is 4.40 Å². The van der Waals surface area contributed by atoms with Gasteiger partial charge in [0, 0.05) is 12.3 Å². The van der Waals surface area contributed by atoms with Crippen LogP contribution in [0.15, 0.2) is 42.6 Å². The first-order valence-electron chi connectivity index (χ1n) is 6.12. The lowest BCUT2D eigenvalue weighted by molar-refractivity contribution is 0.0696. The Balaban J connectivity index is 1.86. The van der Waals surface area contributed by atoms with Crippen LogP contribution in [0.3, 0.4) is 0 Å². The van der Waals surface area contributed by atoms with Gasteiger partial charge in [-0.25, -0.2) is 4.79 Å². The van der Waals surface area contributed by atoms with Crippen LogP contribution in [0.25, 0.3) is 5.65 Å². The molecular formula is C14H11N3O4. The lowest BCUT2D eigenvalue weighted by atomic mass is 10.3.